The van der Waals surface area contributed by atoms with Crippen LogP contribution in [0, 0.1) is 11.3 Å². The Morgan fingerprint density at radius 1 is 1.24 bits per heavy atom. The predicted molar refractivity (Wildman–Crippen MR) is 100 cm³/mol. The minimum atomic E-state index is -0.843. The van der Waals surface area contributed by atoms with E-state index in [1.807, 2.05) is 44.2 Å². The Morgan fingerprint density at radius 2 is 1.96 bits per heavy atom. The van der Waals surface area contributed by atoms with Gasteiger partial charge in [0.05, 0.1) is 17.7 Å². The van der Waals surface area contributed by atoms with Crippen molar-refractivity contribution in [1.29, 1.82) is 5.26 Å². The van der Waals surface area contributed by atoms with Crippen LogP contribution in [-0.4, -0.2) is 21.9 Å². The lowest BCUT2D eigenvalue weighted by Gasteiger charge is -2.42. The zero-order valence-corrected chi connectivity index (χ0v) is 14.8. The Bertz CT molecular complexity index is 830. The highest BCUT2D eigenvalue weighted by Gasteiger charge is 2.43. The Kier molecular flexibility index (Phi) is 4.62. The number of hydrogen-bond donors (Lipinski definition) is 3. The second kappa shape index (κ2) is 6.71. The quantitative estimate of drug-likeness (QED) is 0.720. The van der Waals surface area contributed by atoms with Crippen LogP contribution in [0.3, 0.4) is 0 Å². The summed E-state index contributed by atoms with van der Waals surface area (Å²) in [4.78, 5) is 0. The van der Waals surface area contributed by atoms with Crippen molar-refractivity contribution in [3.63, 3.8) is 0 Å². The molecule has 2 aromatic rings. The summed E-state index contributed by atoms with van der Waals surface area (Å²) in [5.41, 5.74) is 1.28. The fourth-order valence-corrected chi connectivity index (χ4v) is 3.10. The lowest BCUT2D eigenvalue weighted by atomic mass is 9.86. The fourth-order valence-electron chi connectivity index (χ4n) is 2.86. The van der Waals surface area contributed by atoms with Crippen molar-refractivity contribution in [2.45, 2.75) is 31.6 Å². The Labute approximate surface area is 152 Å². The maximum Gasteiger partial charge on any atom is 0.171 e. The first-order chi connectivity index (χ1) is 11.9. The number of nitrogens with zero attached hydrogens (tertiary/aromatic N) is 1. The van der Waals surface area contributed by atoms with E-state index in [9.17, 15) is 5.11 Å². The Balaban J connectivity index is 1.88. The molecule has 5 nitrogen and oxygen atoms in total. The van der Waals surface area contributed by atoms with Crippen molar-refractivity contribution < 1.29 is 9.84 Å². The van der Waals surface area contributed by atoms with Crippen molar-refractivity contribution in [2.75, 3.05) is 5.32 Å². The predicted octanol–water partition coefficient (Wildman–Crippen LogP) is 3.12. The standard InChI is InChI=1S/C19H19N3O2S/c1-19(2)17(23)16(14-10-12(11-20)8-9-15(14)24-19)22-18(25)21-13-6-4-3-5-7-13/h3-10,16-17,23H,1-2H3,(H2,21,22,25)/t16-,17+/m1/s1. The molecule has 6 heteroatoms. The number of fused-ring (bicyclic) bond motifs is 1. The number of anilines is 1. The van der Waals surface area contributed by atoms with Gasteiger partial charge in [0.15, 0.2) is 5.11 Å². The number of hydrogen-bond acceptors (Lipinski definition) is 4. The van der Waals surface area contributed by atoms with E-state index in [1.54, 1.807) is 18.2 Å². The topological polar surface area (TPSA) is 77.3 Å². The van der Waals surface area contributed by atoms with Gasteiger partial charge in [0.1, 0.15) is 17.5 Å². The van der Waals surface area contributed by atoms with Gasteiger partial charge in [-0.3, -0.25) is 0 Å². The molecule has 3 N–H and O–H groups in total. The first-order valence-corrected chi connectivity index (χ1v) is 8.35. The van der Waals surface area contributed by atoms with E-state index in [0.29, 0.717) is 22.0 Å². The smallest absolute Gasteiger partial charge is 0.171 e. The van der Waals surface area contributed by atoms with Crippen LogP contribution >= 0.6 is 12.2 Å². The maximum absolute atomic E-state index is 10.8. The van der Waals surface area contributed by atoms with Crippen LogP contribution in [0.4, 0.5) is 5.69 Å². The summed E-state index contributed by atoms with van der Waals surface area (Å²) in [7, 11) is 0. The molecule has 0 radical (unpaired) electrons. The van der Waals surface area contributed by atoms with Gasteiger partial charge in [-0.15, -0.1) is 0 Å². The third kappa shape index (κ3) is 3.58. The van der Waals surface area contributed by atoms with Gasteiger partial charge in [0.25, 0.3) is 0 Å². The molecule has 128 valence electrons. The van der Waals surface area contributed by atoms with Gasteiger partial charge in [0.2, 0.25) is 0 Å². The van der Waals surface area contributed by atoms with Crippen LogP contribution in [0.2, 0.25) is 0 Å². The normalized spacial score (nSPS) is 20.6. The van der Waals surface area contributed by atoms with Crippen LogP contribution in [0.15, 0.2) is 48.5 Å². The molecule has 1 aliphatic heterocycles. The monoisotopic (exact) mass is 353 g/mol. The number of nitriles is 1. The fraction of sp³-hybridized carbons (Fsp3) is 0.263. The van der Waals surface area contributed by atoms with Gasteiger partial charge in [-0.2, -0.15) is 5.26 Å². The number of rotatable bonds is 2. The second-order valence-electron chi connectivity index (χ2n) is 6.46. The molecule has 0 amide bonds. The van der Waals surface area contributed by atoms with Crippen LogP contribution in [0.1, 0.15) is 31.0 Å². The van der Waals surface area contributed by atoms with Crippen molar-refractivity contribution >= 4 is 23.0 Å². The minimum absolute atomic E-state index is 0.390. The second-order valence-corrected chi connectivity index (χ2v) is 6.87. The molecule has 2 atom stereocenters. The molecule has 0 aliphatic carbocycles. The third-order valence-corrected chi connectivity index (χ3v) is 4.41. The van der Waals surface area contributed by atoms with Gasteiger partial charge in [0, 0.05) is 11.3 Å². The number of ether oxygens (including phenoxy) is 1. The van der Waals surface area contributed by atoms with E-state index >= 15 is 0 Å². The van der Waals surface area contributed by atoms with Gasteiger partial charge in [-0.05, 0) is 56.4 Å². The largest absolute Gasteiger partial charge is 0.485 e. The summed E-state index contributed by atoms with van der Waals surface area (Å²) in [5.74, 6) is 0.634. The summed E-state index contributed by atoms with van der Waals surface area (Å²) in [6, 6.07) is 16.3. The molecule has 0 aromatic heterocycles. The highest BCUT2D eigenvalue weighted by Crippen LogP contribution is 2.40. The number of thiocarbonyl (C=S) groups is 1. The van der Waals surface area contributed by atoms with E-state index in [1.165, 1.54) is 0 Å². The highest BCUT2D eigenvalue weighted by atomic mass is 32.1. The molecule has 0 bridgehead atoms. The van der Waals surface area contributed by atoms with Crippen LogP contribution in [-0.2, 0) is 0 Å². The lowest BCUT2D eigenvalue weighted by molar-refractivity contribution is -0.0609. The van der Waals surface area contributed by atoms with Gasteiger partial charge in [-0.25, -0.2) is 0 Å². The van der Waals surface area contributed by atoms with Gasteiger partial charge < -0.3 is 20.5 Å². The molecule has 0 fully saturated rings. The lowest BCUT2D eigenvalue weighted by Crippen LogP contribution is -2.54. The molecule has 3 rings (SSSR count). The van der Waals surface area contributed by atoms with Crippen molar-refractivity contribution in [2.24, 2.45) is 0 Å². The summed E-state index contributed by atoms with van der Waals surface area (Å²) in [5, 5.41) is 26.6. The van der Waals surface area contributed by atoms with Crippen molar-refractivity contribution in [3.05, 3.63) is 59.7 Å². The van der Waals surface area contributed by atoms with Crippen LogP contribution in [0.25, 0.3) is 0 Å². The number of para-hydroxylation sites is 1. The molecule has 1 aliphatic rings. The molecule has 0 saturated carbocycles. The van der Waals surface area contributed by atoms with Gasteiger partial charge in [-0.1, -0.05) is 18.2 Å². The number of aliphatic hydroxyl groups is 1. The van der Waals surface area contributed by atoms with E-state index < -0.39 is 17.7 Å². The van der Waals surface area contributed by atoms with Crippen molar-refractivity contribution in [3.8, 4) is 11.8 Å². The van der Waals surface area contributed by atoms with E-state index in [0.717, 1.165) is 5.69 Å². The molecule has 2 aromatic carbocycles. The Morgan fingerprint density at radius 3 is 2.64 bits per heavy atom. The van der Waals surface area contributed by atoms with Crippen molar-refractivity contribution in [1.82, 2.24) is 5.32 Å². The molecular formula is C19H19N3O2S. The third-order valence-electron chi connectivity index (χ3n) is 4.19. The SMILES string of the molecule is CC1(C)Oc2ccc(C#N)cc2[C@@H](NC(=S)Nc2ccccc2)[C@@H]1O. The number of benzene rings is 2. The molecule has 0 spiro atoms. The molecular weight excluding hydrogens is 334 g/mol. The zero-order chi connectivity index (χ0) is 18.0. The minimum Gasteiger partial charge on any atom is -0.485 e. The number of nitrogens with one attached hydrogen (secondary N) is 2. The average molecular weight is 353 g/mol. The molecule has 25 heavy (non-hydrogen) atoms. The van der Waals surface area contributed by atoms with E-state index in [-0.39, 0.29) is 0 Å². The summed E-state index contributed by atoms with van der Waals surface area (Å²) in [6.45, 7) is 3.64. The molecule has 0 saturated heterocycles. The first kappa shape index (κ1) is 17.2. The first-order valence-electron chi connectivity index (χ1n) is 7.94. The Hall–Kier alpha value is -2.62. The zero-order valence-electron chi connectivity index (χ0n) is 14.0. The maximum atomic E-state index is 10.8. The van der Waals surface area contributed by atoms with E-state index in [2.05, 4.69) is 16.7 Å². The van der Waals surface area contributed by atoms with Crippen LogP contribution < -0.4 is 15.4 Å². The summed E-state index contributed by atoms with van der Waals surface area (Å²) >= 11 is 5.40. The average Bonchev–Trinajstić information content (AvgIpc) is 2.59. The number of aliphatic hydroxyl groups excluding tert-OH is 1. The molecule has 0 unspecified atom stereocenters. The summed E-state index contributed by atoms with van der Waals surface area (Å²) in [6.07, 6.45) is -0.843. The summed E-state index contributed by atoms with van der Waals surface area (Å²) < 4.78 is 5.90. The molecule has 1 heterocycles. The van der Waals surface area contributed by atoms with Gasteiger partial charge >= 0.3 is 0 Å². The highest BCUT2D eigenvalue weighted by molar-refractivity contribution is 7.80. The van der Waals surface area contributed by atoms with Crippen LogP contribution in [0.5, 0.6) is 5.75 Å². The van der Waals surface area contributed by atoms with E-state index in [4.69, 9.17) is 22.2 Å².